The second-order valence-electron chi connectivity index (χ2n) is 7.93. The first kappa shape index (κ1) is 17.3. The predicted molar refractivity (Wildman–Crippen MR) is 91.4 cm³/mol. The summed E-state index contributed by atoms with van der Waals surface area (Å²) in [5.74, 6) is 2.84. The minimum Gasteiger partial charge on any atom is -0.393 e. The number of fused-ring (bicyclic) bond motifs is 1. The first-order valence-electron chi connectivity index (χ1n) is 9.97. The monoisotopic (exact) mass is 294 g/mol. The predicted octanol–water partition coefficient (Wildman–Crippen LogP) is 6.09. The fourth-order valence-electron chi connectivity index (χ4n) is 4.79. The number of hydrogen-bond donors (Lipinski definition) is 1. The minimum atomic E-state index is 0.0236. The van der Waals surface area contributed by atoms with Gasteiger partial charge < -0.3 is 5.11 Å². The molecule has 0 saturated heterocycles. The normalized spacial score (nSPS) is 32.9. The van der Waals surface area contributed by atoms with E-state index in [2.05, 4.69) is 6.92 Å². The van der Waals surface area contributed by atoms with Crippen molar-refractivity contribution in [2.45, 2.75) is 109 Å². The molecule has 0 bridgehead atoms. The van der Waals surface area contributed by atoms with Gasteiger partial charge >= 0.3 is 0 Å². The smallest absolute Gasteiger partial charge is 0.0543 e. The van der Waals surface area contributed by atoms with Crippen LogP contribution >= 0.6 is 0 Å². The summed E-state index contributed by atoms with van der Waals surface area (Å²) in [7, 11) is 0. The molecule has 0 aromatic carbocycles. The van der Waals surface area contributed by atoms with E-state index in [9.17, 15) is 5.11 Å². The lowest BCUT2D eigenvalue weighted by molar-refractivity contribution is 0.0337. The van der Waals surface area contributed by atoms with Crippen LogP contribution in [0.5, 0.6) is 0 Å². The molecule has 0 aromatic rings. The van der Waals surface area contributed by atoms with Crippen molar-refractivity contribution in [2.75, 3.05) is 0 Å². The van der Waals surface area contributed by atoms with E-state index in [0.29, 0.717) is 0 Å². The van der Waals surface area contributed by atoms with Gasteiger partial charge in [-0.05, 0) is 49.9 Å². The van der Waals surface area contributed by atoms with Crippen LogP contribution < -0.4 is 0 Å². The van der Waals surface area contributed by atoms with Gasteiger partial charge in [-0.1, -0.05) is 71.1 Å². The lowest BCUT2D eigenvalue weighted by atomic mass is 9.66. The van der Waals surface area contributed by atoms with Crippen molar-refractivity contribution < 1.29 is 5.11 Å². The SMILES string of the molecule is CCCCCCCCCCC1CCC2CC(O)CCC2C1. The van der Waals surface area contributed by atoms with Gasteiger partial charge in [0.15, 0.2) is 0 Å². The first-order chi connectivity index (χ1) is 10.3. The van der Waals surface area contributed by atoms with Crippen molar-refractivity contribution in [3.8, 4) is 0 Å². The zero-order valence-corrected chi connectivity index (χ0v) is 14.4. The maximum Gasteiger partial charge on any atom is 0.0543 e. The highest BCUT2D eigenvalue weighted by atomic mass is 16.3. The van der Waals surface area contributed by atoms with E-state index in [0.717, 1.165) is 30.6 Å². The van der Waals surface area contributed by atoms with E-state index in [1.165, 1.54) is 83.5 Å². The van der Waals surface area contributed by atoms with Crippen LogP contribution in [0.2, 0.25) is 0 Å². The molecule has 2 saturated carbocycles. The fourth-order valence-corrected chi connectivity index (χ4v) is 4.79. The summed E-state index contributed by atoms with van der Waals surface area (Å²) in [4.78, 5) is 0. The van der Waals surface area contributed by atoms with Crippen LogP contribution in [0.15, 0.2) is 0 Å². The number of unbranched alkanes of at least 4 members (excludes halogenated alkanes) is 7. The Hall–Kier alpha value is -0.0400. The van der Waals surface area contributed by atoms with Crippen LogP contribution in [-0.4, -0.2) is 11.2 Å². The summed E-state index contributed by atoms with van der Waals surface area (Å²) in [6, 6.07) is 0. The third-order valence-corrected chi connectivity index (χ3v) is 6.16. The van der Waals surface area contributed by atoms with E-state index in [4.69, 9.17) is 0 Å². The lowest BCUT2D eigenvalue weighted by Gasteiger charge is -2.41. The minimum absolute atomic E-state index is 0.0236. The summed E-state index contributed by atoms with van der Waals surface area (Å²) in [5.41, 5.74) is 0. The van der Waals surface area contributed by atoms with E-state index >= 15 is 0 Å². The van der Waals surface area contributed by atoms with Gasteiger partial charge in [-0.25, -0.2) is 0 Å². The molecule has 4 unspecified atom stereocenters. The highest BCUT2D eigenvalue weighted by Crippen LogP contribution is 2.44. The maximum absolute atomic E-state index is 9.79. The molecule has 0 radical (unpaired) electrons. The Morgan fingerprint density at radius 3 is 2.10 bits per heavy atom. The summed E-state index contributed by atoms with van der Waals surface area (Å²) >= 11 is 0. The zero-order valence-electron chi connectivity index (χ0n) is 14.4. The standard InChI is InChI=1S/C20H38O/c1-2-3-4-5-6-7-8-9-10-17-11-12-19-16-20(21)14-13-18(19)15-17/h17-21H,2-16H2,1H3. The summed E-state index contributed by atoms with van der Waals surface area (Å²) in [5, 5.41) is 9.79. The van der Waals surface area contributed by atoms with Gasteiger partial charge in [-0.3, -0.25) is 0 Å². The Bertz CT molecular complexity index is 263. The van der Waals surface area contributed by atoms with Gasteiger partial charge in [0.25, 0.3) is 0 Å². The Kier molecular flexibility index (Phi) is 8.14. The van der Waals surface area contributed by atoms with Crippen LogP contribution in [-0.2, 0) is 0 Å². The largest absolute Gasteiger partial charge is 0.393 e. The molecular formula is C20H38O. The van der Waals surface area contributed by atoms with E-state index < -0.39 is 0 Å². The van der Waals surface area contributed by atoms with Gasteiger partial charge in [0.2, 0.25) is 0 Å². The van der Waals surface area contributed by atoms with Gasteiger partial charge in [0, 0.05) is 0 Å². The van der Waals surface area contributed by atoms with Crippen molar-refractivity contribution in [1.29, 1.82) is 0 Å². The van der Waals surface area contributed by atoms with Gasteiger partial charge in [-0.15, -0.1) is 0 Å². The summed E-state index contributed by atoms with van der Waals surface area (Å²) in [6.45, 7) is 2.29. The third kappa shape index (κ3) is 6.30. The van der Waals surface area contributed by atoms with Crippen LogP contribution in [0.25, 0.3) is 0 Å². The molecule has 1 heteroatoms. The molecule has 2 rings (SSSR count). The molecule has 0 aromatic heterocycles. The van der Waals surface area contributed by atoms with Crippen molar-refractivity contribution in [3.63, 3.8) is 0 Å². The van der Waals surface area contributed by atoms with E-state index in [1.54, 1.807) is 0 Å². The van der Waals surface area contributed by atoms with Gasteiger partial charge in [-0.2, -0.15) is 0 Å². The Labute approximate surface area is 132 Å². The number of rotatable bonds is 9. The average molecular weight is 295 g/mol. The molecule has 0 spiro atoms. The van der Waals surface area contributed by atoms with Crippen LogP contribution in [0.4, 0.5) is 0 Å². The molecule has 2 fully saturated rings. The van der Waals surface area contributed by atoms with E-state index in [1.807, 2.05) is 0 Å². The summed E-state index contributed by atoms with van der Waals surface area (Å²) in [6.07, 6.45) is 20.9. The molecule has 124 valence electrons. The molecule has 4 atom stereocenters. The quantitative estimate of drug-likeness (QED) is 0.510. The van der Waals surface area contributed by atoms with Crippen LogP contribution in [0.1, 0.15) is 103 Å². The molecule has 2 aliphatic rings. The van der Waals surface area contributed by atoms with Crippen molar-refractivity contribution in [3.05, 3.63) is 0 Å². The average Bonchev–Trinajstić information content (AvgIpc) is 2.50. The number of hydrogen-bond acceptors (Lipinski definition) is 1. The Balaban J connectivity index is 1.48. The van der Waals surface area contributed by atoms with E-state index in [-0.39, 0.29) is 6.10 Å². The van der Waals surface area contributed by atoms with Crippen LogP contribution in [0.3, 0.4) is 0 Å². The van der Waals surface area contributed by atoms with Crippen molar-refractivity contribution in [2.24, 2.45) is 17.8 Å². The molecule has 2 aliphatic carbocycles. The van der Waals surface area contributed by atoms with Crippen LogP contribution in [0, 0.1) is 17.8 Å². The lowest BCUT2D eigenvalue weighted by Crippen LogP contribution is -2.33. The zero-order chi connectivity index (χ0) is 14.9. The number of aliphatic hydroxyl groups is 1. The molecular weight excluding hydrogens is 256 g/mol. The second-order valence-corrected chi connectivity index (χ2v) is 7.93. The summed E-state index contributed by atoms with van der Waals surface area (Å²) < 4.78 is 0. The fraction of sp³-hybridized carbons (Fsp3) is 1.00. The van der Waals surface area contributed by atoms with Gasteiger partial charge in [0.05, 0.1) is 6.10 Å². The highest BCUT2D eigenvalue weighted by molar-refractivity contribution is 4.85. The molecule has 0 amide bonds. The van der Waals surface area contributed by atoms with Crippen molar-refractivity contribution in [1.82, 2.24) is 0 Å². The number of aliphatic hydroxyl groups excluding tert-OH is 1. The molecule has 1 nitrogen and oxygen atoms in total. The van der Waals surface area contributed by atoms with Gasteiger partial charge in [0.1, 0.15) is 0 Å². The molecule has 0 aliphatic heterocycles. The molecule has 1 N–H and O–H groups in total. The topological polar surface area (TPSA) is 20.2 Å². The Morgan fingerprint density at radius 1 is 0.714 bits per heavy atom. The van der Waals surface area contributed by atoms with Crippen molar-refractivity contribution >= 4 is 0 Å². The highest BCUT2D eigenvalue weighted by Gasteiger charge is 2.34. The third-order valence-electron chi connectivity index (χ3n) is 6.16. The first-order valence-corrected chi connectivity index (χ1v) is 9.97. The molecule has 0 heterocycles. The maximum atomic E-state index is 9.79. The second kappa shape index (κ2) is 9.87. The molecule has 21 heavy (non-hydrogen) atoms. The Morgan fingerprint density at radius 2 is 1.33 bits per heavy atom.